The quantitative estimate of drug-likeness (QED) is 0.202. The summed E-state index contributed by atoms with van der Waals surface area (Å²) in [5.74, 6) is -0.484. The van der Waals surface area contributed by atoms with Gasteiger partial charge in [-0.25, -0.2) is 4.79 Å². The lowest BCUT2D eigenvalue weighted by atomic mass is 9.48. The number of carbonyl (C=O) groups is 5. The molecule has 0 spiro atoms. The van der Waals surface area contributed by atoms with Gasteiger partial charge in [-0.3, -0.25) is 29.9 Å². The van der Waals surface area contributed by atoms with Gasteiger partial charge < -0.3 is 38.1 Å². The summed E-state index contributed by atoms with van der Waals surface area (Å²) in [5, 5.41) is 24.6. The van der Waals surface area contributed by atoms with E-state index in [0.29, 0.717) is 50.0 Å². The number of amides is 6. The molecule has 4 saturated carbocycles. The first-order chi connectivity index (χ1) is 23.5. The lowest BCUT2D eigenvalue weighted by Gasteiger charge is -2.57. The van der Waals surface area contributed by atoms with Crippen molar-refractivity contribution in [1.82, 2.24) is 31.9 Å². The number of guanidine groups is 1. The Hall–Kier alpha value is -4.20. The predicted molar refractivity (Wildman–Crippen MR) is 184 cm³/mol. The monoisotopic (exact) mass is 679 g/mol. The third-order valence-electron chi connectivity index (χ3n) is 10.8. The average molecular weight is 680 g/mol. The highest BCUT2D eigenvalue weighted by molar-refractivity contribution is 5.95. The summed E-state index contributed by atoms with van der Waals surface area (Å²) < 4.78 is 0. The smallest absolute Gasteiger partial charge is 0.321 e. The molecule has 5 fully saturated rings. The number of hydrogen-bond acceptors (Lipinski definition) is 7. The third kappa shape index (κ3) is 10.2. The first kappa shape index (κ1) is 36.1. The maximum atomic E-state index is 14.1. The van der Waals surface area contributed by atoms with Crippen LogP contribution in [0.25, 0.3) is 0 Å². The third-order valence-corrected chi connectivity index (χ3v) is 10.8. The zero-order valence-electron chi connectivity index (χ0n) is 28.2. The number of primary amides is 1. The summed E-state index contributed by atoms with van der Waals surface area (Å²) in [6, 6.07) is 4.97. The van der Waals surface area contributed by atoms with Crippen LogP contribution in [0.2, 0.25) is 0 Å². The van der Waals surface area contributed by atoms with Crippen LogP contribution >= 0.6 is 0 Å². The zero-order chi connectivity index (χ0) is 35.0. The zero-order valence-corrected chi connectivity index (χ0v) is 28.2. The van der Waals surface area contributed by atoms with E-state index in [9.17, 15) is 24.0 Å². The van der Waals surface area contributed by atoms with E-state index in [1.807, 2.05) is 30.3 Å². The normalized spacial score (nSPS) is 32.1. The summed E-state index contributed by atoms with van der Waals surface area (Å²) in [4.78, 5) is 66.1. The topological polar surface area (TPSA) is 233 Å². The molecule has 1 saturated heterocycles. The van der Waals surface area contributed by atoms with Crippen molar-refractivity contribution in [2.75, 3.05) is 13.1 Å². The van der Waals surface area contributed by atoms with Crippen molar-refractivity contribution < 1.29 is 24.0 Å². The van der Waals surface area contributed by atoms with Gasteiger partial charge in [0.1, 0.15) is 18.1 Å². The van der Waals surface area contributed by atoms with E-state index < -0.39 is 53.8 Å². The Bertz CT molecular complexity index is 1340. The van der Waals surface area contributed by atoms with Crippen LogP contribution in [0.3, 0.4) is 0 Å². The first-order valence-electron chi connectivity index (χ1n) is 17.9. The van der Waals surface area contributed by atoms with E-state index >= 15 is 0 Å². The Labute approximate surface area is 287 Å². The molecule has 11 N–H and O–H groups in total. The Balaban J connectivity index is 1.36. The van der Waals surface area contributed by atoms with Crippen LogP contribution in [-0.2, 0) is 25.6 Å². The molecular weight excluding hydrogens is 626 g/mol. The maximum absolute atomic E-state index is 14.1. The molecule has 4 bridgehead atoms. The van der Waals surface area contributed by atoms with Crippen LogP contribution in [0.4, 0.5) is 4.79 Å². The number of nitrogens with one attached hydrogen (secondary N) is 7. The van der Waals surface area contributed by atoms with E-state index in [1.165, 1.54) is 19.3 Å². The average Bonchev–Trinajstić information content (AvgIpc) is 3.04. The van der Waals surface area contributed by atoms with E-state index in [4.69, 9.17) is 16.9 Å². The van der Waals surface area contributed by atoms with Gasteiger partial charge >= 0.3 is 6.03 Å². The van der Waals surface area contributed by atoms with Crippen LogP contribution in [-0.4, -0.2) is 72.9 Å². The molecule has 1 aromatic carbocycles. The van der Waals surface area contributed by atoms with Crippen molar-refractivity contribution in [3.05, 3.63) is 35.9 Å². The highest BCUT2D eigenvalue weighted by Gasteiger charge is 2.52. The Kier molecular flexibility index (Phi) is 12.1. The molecule has 4 aliphatic carbocycles. The number of nitrogens with two attached hydrogens (primary N) is 2. The Morgan fingerprint density at radius 1 is 0.878 bits per heavy atom. The molecule has 0 aromatic heterocycles. The van der Waals surface area contributed by atoms with Gasteiger partial charge in [0.15, 0.2) is 5.96 Å². The summed E-state index contributed by atoms with van der Waals surface area (Å²) in [7, 11) is 0. The van der Waals surface area contributed by atoms with E-state index in [-0.39, 0.29) is 37.2 Å². The van der Waals surface area contributed by atoms with E-state index in [2.05, 4.69) is 31.9 Å². The van der Waals surface area contributed by atoms with Gasteiger partial charge in [-0.1, -0.05) is 30.3 Å². The molecule has 4 atom stereocenters. The van der Waals surface area contributed by atoms with Gasteiger partial charge in [-0.05, 0) is 112 Å². The van der Waals surface area contributed by atoms with Crippen molar-refractivity contribution >= 4 is 35.6 Å². The van der Waals surface area contributed by atoms with Crippen molar-refractivity contribution in [3.63, 3.8) is 0 Å². The van der Waals surface area contributed by atoms with Crippen molar-refractivity contribution in [2.24, 2.45) is 34.6 Å². The van der Waals surface area contributed by atoms with Gasteiger partial charge in [-0.15, -0.1) is 0 Å². The van der Waals surface area contributed by atoms with Gasteiger partial charge in [0, 0.05) is 13.1 Å². The summed E-state index contributed by atoms with van der Waals surface area (Å²) >= 11 is 0. The van der Waals surface area contributed by atoms with Crippen molar-refractivity contribution in [3.8, 4) is 0 Å². The number of benzene rings is 1. The van der Waals surface area contributed by atoms with Gasteiger partial charge in [-0.2, -0.15) is 0 Å². The fourth-order valence-electron chi connectivity index (χ4n) is 8.92. The fourth-order valence-corrected chi connectivity index (χ4v) is 8.92. The minimum Gasteiger partial charge on any atom is -0.368 e. The fraction of sp³-hybridized carbons (Fsp3) is 0.657. The Morgan fingerprint density at radius 3 is 2.18 bits per heavy atom. The van der Waals surface area contributed by atoms with Gasteiger partial charge in [0.05, 0.1) is 6.04 Å². The number of urea groups is 1. The highest BCUT2D eigenvalue weighted by Crippen LogP contribution is 2.61. The molecule has 6 amide bonds. The van der Waals surface area contributed by atoms with E-state index in [1.54, 1.807) is 0 Å². The van der Waals surface area contributed by atoms with Crippen LogP contribution in [0.15, 0.2) is 30.3 Å². The summed E-state index contributed by atoms with van der Waals surface area (Å²) in [6.07, 6.45) is 9.27. The second kappa shape index (κ2) is 16.5. The molecule has 0 radical (unpaired) electrons. The molecule has 14 nitrogen and oxygen atoms in total. The first-order valence-corrected chi connectivity index (χ1v) is 17.9. The minimum absolute atomic E-state index is 0.0756. The number of rotatable bonds is 7. The second-order valence-corrected chi connectivity index (χ2v) is 14.8. The summed E-state index contributed by atoms with van der Waals surface area (Å²) in [6.45, 7) is 0.545. The molecule has 1 aromatic rings. The molecule has 1 aliphatic heterocycles. The lowest BCUT2D eigenvalue weighted by molar-refractivity contribution is -0.136. The lowest BCUT2D eigenvalue weighted by Crippen LogP contribution is -2.59. The molecule has 5 aliphatic rings. The molecule has 14 heteroatoms. The van der Waals surface area contributed by atoms with Crippen LogP contribution < -0.4 is 43.4 Å². The van der Waals surface area contributed by atoms with Crippen molar-refractivity contribution in [2.45, 2.75) is 108 Å². The van der Waals surface area contributed by atoms with Gasteiger partial charge in [0.2, 0.25) is 23.6 Å². The number of hydrogen-bond donors (Lipinski definition) is 9. The largest absolute Gasteiger partial charge is 0.368 e. The molecule has 49 heavy (non-hydrogen) atoms. The maximum Gasteiger partial charge on any atom is 0.321 e. The molecule has 6 rings (SSSR count). The predicted octanol–water partition coefficient (Wildman–Crippen LogP) is 0.890. The minimum atomic E-state index is -1.03. The SMILES string of the molecule is N=C1NCCC[C@@H](NC(=O)C(N)Cc2ccccc2)C(=O)N[C@@H](CC23CC4CC(CC(C4)C2)C3)C(=O)N[C@H](C(N)=O)CCCCNC(=O)N1. The summed E-state index contributed by atoms with van der Waals surface area (Å²) in [5.41, 5.74) is 12.8. The number of carbonyl (C=O) groups excluding carboxylic acids is 5. The van der Waals surface area contributed by atoms with E-state index in [0.717, 1.165) is 24.8 Å². The molecule has 1 unspecified atom stereocenters. The van der Waals surface area contributed by atoms with Gasteiger partial charge in [0.25, 0.3) is 0 Å². The molecule has 1 heterocycles. The molecular formula is C35H53N9O5. The van der Waals surface area contributed by atoms with Crippen LogP contribution in [0, 0.1) is 28.6 Å². The van der Waals surface area contributed by atoms with Crippen molar-refractivity contribution in [1.29, 1.82) is 5.41 Å². The van der Waals surface area contributed by atoms with Crippen LogP contribution in [0.5, 0.6) is 0 Å². The van der Waals surface area contributed by atoms with Crippen LogP contribution in [0.1, 0.15) is 82.6 Å². The second-order valence-electron chi connectivity index (χ2n) is 14.8. The Morgan fingerprint density at radius 2 is 1.53 bits per heavy atom. The molecule has 268 valence electrons. The standard InChI is InChI=1S/C35H53N9O5/c36-25(16-21-7-2-1-3-8-21)30(46)42-27-10-6-12-39-33(38)44-34(49)40-11-5-4-9-26(29(37)45)41-32(48)28(43-31(27)47)20-35-17-22-13-23(18-35)15-24(14-22)19-35/h1-3,7-8,22-28H,4-6,9-20,36H2,(H2,37,45)(H,41,48)(H,42,46)(H,43,47)(H4,38,39,40,44,49)/t22?,23?,24?,25?,26-,27+,28-,35?/m0/s1. The highest BCUT2D eigenvalue weighted by atomic mass is 16.2.